The highest BCUT2D eigenvalue weighted by atomic mass is 16.3. The van der Waals surface area contributed by atoms with Crippen molar-refractivity contribution >= 4 is 23.4 Å². The fourth-order valence-corrected chi connectivity index (χ4v) is 2.66. The lowest BCUT2D eigenvalue weighted by atomic mass is 10.1. The predicted molar refractivity (Wildman–Crippen MR) is 95.1 cm³/mol. The van der Waals surface area contributed by atoms with Gasteiger partial charge < -0.3 is 4.42 Å². The quantitative estimate of drug-likeness (QED) is 0.688. The zero-order valence-electron chi connectivity index (χ0n) is 13.7. The van der Waals surface area contributed by atoms with Crippen LogP contribution < -0.4 is 5.01 Å². The number of anilines is 1. The van der Waals surface area contributed by atoms with Gasteiger partial charge in [0.15, 0.2) is 5.76 Å². The Morgan fingerprint density at radius 2 is 1.96 bits per heavy atom. The Morgan fingerprint density at radius 3 is 2.64 bits per heavy atom. The number of aryl methyl sites for hydroxylation is 1. The molecule has 0 radical (unpaired) electrons. The highest BCUT2D eigenvalue weighted by Crippen LogP contribution is 2.27. The molecule has 6 nitrogen and oxygen atoms in total. The normalized spacial score (nSPS) is 15.9. The van der Waals surface area contributed by atoms with Gasteiger partial charge in [-0.1, -0.05) is 18.2 Å². The van der Waals surface area contributed by atoms with Crippen molar-refractivity contribution < 1.29 is 9.21 Å². The van der Waals surface area contributed by atoms with Gasteiger partial charge in [0, 0.05) is 12.7 Å². The van der Waals surface area contributed by atoms with Crippen molar-refractivity contribution in [2.24, 2.45) is 5.10 Å². The zero-order valence-corrected chi connectivity index (χ0v) is 13.7. The number of carbonyl (C=O) groups is 1. The summed E-state index contributed by atoms with van der Waals surface area (Å²) in [6, 6.07) is 14.8. The lowest BCUT2D eigenvalue weighted by Crippen LogP contribution is -2.21. The van der Waals surface area contributed by atoms with Gasteiger partial charge in [-0.15, -0.1) is 0 Å². The molecule has 0 atom stereocenters. The van der Waals surface area contributed by atoms with Gasteiger partial charge in [-0.25, -0.2) is 0 Å². The average molecular weight is 332 g/mol. The molecule has 25 heavy (non-hydrogen) atoms. The summed E-state index contributed by atoms with van der Waals surface area (Å²) in [6.07, 6.45) is 5.19. The van der Waals surface area contributed by atoms with Crippen LogP contribution in [-0.2, 0) is 11.3 Å². The molecule has 3 aromatic rings. The minimum Gasteiger partial charge on any atom is -0.463 e. The fraction of sp³-hybridized carbons (Fsp3) is 0.105. The summed E-state index contributed by atoms with van der Waals surface area (Å²) in [6.45, 7) is 2.78. The van der Waals surface area contributed by atoms with Gasteiger partial charge in [0.2, 0.25) is 0 Å². The van der Waals surface area contributed by atoms with Crippen LogP contribution in [0.4, 0.5) is 5.69 Å². The molecule has 1 aliphatic rings. The van der Waals surface area contributed by atoms with Crippen molar-refractivity contribution in [3.63, 3.8) is 0 Å². The topological polar surface area (TPSA) is 63.6 Å². The Labute approximate surface area is 144 Å². The number of para-hydroxylation sites is 1. The van der Waals surface area contributed by atoms with E-state index >= 15 is 0 Å². The first kappa shape index (κ1) is 15.1. The van der Waals surface area contributed by atoms with Crippen LogP contribution in [0.15, 0.2) is 76.1 Å². The molecule has 0 fully saturated rings. The molecule has 4 rings (SSSR count). The van der Waals surface area contributed by atoms with Crippen LogP contribution in [0, 0.1) is 0 Å². The SMILES string of the molecule is CCn1ccc(/C=C2/C(=O)N(c3ccccc3)N=C2c2ccco2)n1. The average Bonchev–Trinajstić information content (AvgIpc) is 3.38. The Balaban J connectivity index is 1.79. The van der Waals surface area contributed by atoms with E-state index in [0.717, 1.165) is 6.54 Å². The summed E-state index contributed by atoms with van der Waals surface area (Å²) in [7, 11) is 0. The van der Waals surface area contributed by atoms with Crippen LogP contribution in [-0.4, -0.2) is 21.4 Å². The second kappa shape index (κ2) is 6.24. The van der Waals surface area contributed by atoms with Gasteiger partial charge in [-0.2, -0.15) is 15.2 Å². The minimum atomic E-state index is -0.205. The Bertz CT molecular complexity index is 952. The van der Waals surface area contributed by atoms with E-state index in [1.54, 1.807) is 24.5 Å². The maximum Gasteiger partial charge on any atom is 0.281 e. The molecule has 1 aromatic carbocycles. The summed E-state index contributed by atoms with van der Waals surface area (Å²) in [5.74, 6) is 0.344. The van der Waals surface area contributed by atoms with E-state index in [1.807, 2.05) is 54.2 Å². The third kappa shape index (κ3) is 2.78. The van der Waals surface area contributed by atoms with E-state index in [4.69, 9.17) is 4.42 Å². The van der Waals surface area contributed by atoms with Crippen LogP contribution in [0.5, 0.6) is 0 Å². The number of hydrazone groups is 1. The Kier molecular flexibility index (Phi) is 3.78. The summed E-state index contributed by atoms with van der Waals surface area (Å²) in [4.78, 5) is 13.0. The molecule has 1 amide bonds. The molecule has 0 spiro atoms. The van der Waals surface area contributed by atoms with Crippen molar-refractivity contribution in [2.45, 2.75) is 13.5 Å². The Morgan fingerprint density at radius 1 is 1.12 bits per heavy atom. The van der Waals surface area contributed by atoms with Gasteiger partial charge in [-0.05, 0) is 43.3 Å². The maximum absolute atomic E-state index is 13.0. The molecule has 0 N–H and O–H groups in total. The number of rotatable bonds is 4. The van der Waals surface area contributed by atoms with Crippen molar-refractivity contribution in [2.75, 3.05) is 5.01 Å². The van der Waals surface area contributed by atoms with Crippen LogP contribution in [0.1, 0.15) is 18.4 Å². The van der Waals surface area contributed by atoms with Gasteiger partial charge in [0.25, 0.3) is 5.91 Å². The van der Waals surface area contributed by atoms with E-state index < -0.39 is 0 Å². The highest BCUT2D eigenvalue weighted by Gasteiger charge is 2.33. The highest BCUT2D eigenvalue weighted by molar-refractivity contribution is 6.36. The Hall–Kier alpha value is -3.41. The monoisotopic (exact) mass is 332 g/mol. The number of furan rings is 1. The van der Waals surface area contributed by atoms with E-state index in [1.165, 1.54) is 5.01 Å². The van der Waals surface area contributed by atoms with Crippen molar-refractivity contribution in [3.05, 3.63) is 78.0 Å². The van der Waals surface area contributed by atoms with Crippen LogP contribution in [0.25, 0.3) is 6.08 Å². The van der Waals surface area contributed by atoms with E-state index in [-0.39, 0.29) is 5.91 Å². The van der Waals surface area contributed by atoms with Gasteiger partial charge in [-0.3, -0.25) is 9.48 Å². The number of amides is 1. The summed E-state index contributed by atoms with van der Waals surface area (Å²) >= 11 is 0. The smallest absolute Gasteiger partial charge is 0.281 e. The first-order valence-corrected chi connectivity index (χ1v) is 8.04. The molecule has 0 saturated carbocycles. The molecule has 0 unspecified atom stereocenters. The van der Waals surface area contributed by atoms with E-state index in [0.29, 0.717) is 28.4 Å². The van der Waals surface area contributed by atoms with Gasteiger partial charge in [0.1, 0.15) is 5.71 Å². The molecule has 124 valence electrons. The van der Waals surface area contributed by atoms with Crippen molar-refractivity contribution in [1.29, 1.82) is 0 Å². The number of hydrogen-bond donors (Lipinski definition) is 0. The molecule has 0 bridgehead atoms. The van der Waals surface area contributed by atoms with Crippen LogP contribution in [0.2, 0.25) is 0 Å². The van der Waals surface area contributed by atoms with E-state index in [2.05, 4.69) is 10.2 Å². The fourth-order valence-electron chi connectivity index (χ4n) is 2.66. The summed E-state index contributed by atoms with van der Waals surface area (Å²) in [5, 5.41) is 10.3. The number of benzene rings is 1. The summed E-state index contributed by atoms with van der Waals surface area (Å²) in [5.41, 5.74) is 2.38. The third-order valence-electron chi connectivity index (χ3n) is 3.91. The molecule has 0 aliphatic carbocycles. The number of hydrogen-bond acceptors (Lipinski definition) is 4. The van der Waals surface area contributed by atoms with Gasteiger partial charge in [0.05, 0.1) is 23.2 Å². The van der Waals surface area contributed by atoms with Crippen LogP contribution in [0.3, 0.4) is 0 Å². The molecular formula is C19H16N4O2. The second-order valence-corrected chi connectivity index (χ2v) is 5.53. The summed E-state index contributed by atoms with van der Waals surface area (Å²) < 4.78 is 7.28. The molecular weight excluding hydrogens is 316 g/mol. The maximum atomic E-state index is 13.0. The van der Waals surface area contributed by atoms with Crippen molar-refractivity contribution in [1.82, 2.24) is 9.78 Å². The number of nitrogens with zero attached hydrogens (tertiary/aromatic N) is 4. The number of aromatic nitrogens is 2. The minimum absolute atomic E-state index is 0.205. The second-order valence-electron chi connectivity index (χ2n) is 5.53. The molecule has 6 heteroatoms. The lowest BCUT2D eigenvalue weighted by molar-refractivity contribution is -0.114. The lowest BCUT2D eigenvalue weighted by Gasteiger charge is -2.10. The standard InChI is InChI=1S/C19H16N4O2/c1-2-22-11-10-14(20-22)13-16-18(17-9-6-12-25-17)21-23(19(16)24)15-7-4-3-5-8-15/h3-13H,2H2,1H3/b16-13+. The van der Waals surface area contributed by atoms with Gasteiger partial charge >= 0.3 is 0 Å². The molecule has 1 aliphatic heterocycles. The van der Waals surface area contributed by atoms with E-state index in [9.17, 15) is 4.79 Å². The van der Waals surface area contributed by atoms with Crippen molar-refractivity contribution in [3.8, 4) is 0 Å². The predicted octanol–water partition coefficient (Wildman–Crippen LogP) is 3.33. The number of carbonyl (C=O) groups excluding carboxylic acids is 1. The molecule has 0 saturated heterocycles. The first-order chi connectivity index (χ1) is 12.3. The zero-order chi connectivity index (χ0) is 17.2. The molecule has 2 aromatic heterocycles. The first-order valence-electron chi connectivity index (χ1n) is 8.04. The van der Waals surface area contributed by atoms with Crippen LogP contribution >= 0.6 is 0 Å². The molecule has 3 heterocycles. The third-order valence-corrected chi connectivity index (χ3v) is 3.91. The largest absolute Gasteiger partial charge is 0.463 e.